The monoisotopic (exact) mass is 196 g/mol. The number of nitrogens with one attached hydrogen (secondary N) is 1. The average molecular weight is 196 g/mol. The van der Waals surface area contributed by atoms with Crippen molar-refractivity contribution in [3.8, 4) is 0 Å². The summed E-state index contributed by atoms with van der Waals surface area (Å²) in [6, 6.07) is 3.82. The molecule has 5 nitrogen and oxygen atoms in total. The molecular weight excluding hydrogens is 180 g/mol. The van der Waals surface area contributed by atoms with Crippen LogP contribution in [-0.4, -0.2) is 35.2 Å². The molecule has 1 heterocycles. The van der Waals surface area contributed by atoms with Gasteiger partial charge in [0.2, 0.25) is 0 Å². The first-order valence-electron chi connectivity index (χ1n) is 4.48. The second-order valence-corrected chi connectivity index (χ2v) is 3.12. The highest BCUT2D eigenvalue weighted by atomic mass is 16.3. The Kier molecular flexibility index (Phi) is 4.31. The van der Waals surface area contributed by atoms with Gasteiger partial charge in [0.1, 0.15) is 5.82 Å². The van der Waals surface area contributed by atoms with Crippen LogP contribution in [-0.2, 0) is 6.54 Å². The summed E-state index contributed by atoms with van der Waals surface area (Å²) >= 11 is 0. The third-order valence-corrected chi connectivity index (χ3v) is 1.95. The minimum absolute atomic E-state index is 0.155. The molecule has 0 aliphatic rings. The maximum Gasteiger partial charge on any atom is 0.144 e. The van der Waals surface area contributed by atoms with Gasteiger partial charge >= 0.3 is 0 Å². The molecule has 0 aliphatic carbocycles. The Morgan fingerprint density at radius 2 is 2.43 bits per heavy atom. The lowest BCUT2D eigenvalue weighted by Crippen LogP contribution is -2.23. The molecule has 1 aromatic rings. The first kappa shape index (κ1) is 10.9. The van der Waals surface area contributed by atoms with Gasteiger partial charge in [-0.1, -0.05) is 6.07 Å². The van der Waals surface area contributed by atoms with Gasteiger partial charge in [-0.25, -0.2) is 10.8 Å². The largest absolute Gasteiger partial charge is 0.395 e. The molecule has 0 saturated carbocycles. The maximum absolute atomic E-state index is 8.74. The second kappa shape index (κ2) is 5.54. The normalized spacial score (nSPS) is 10.6. The quantitative estimate of drug-likeness (QED) is 0.449. The van der Waals surface area contributed by atoms with Gasteiger partial charge in [-0.2, -0.15) is 0 Å². The van der Waals surface area contributed by atoms with E-state index in [1.54, 1.807) is 6.20 Å². The molecule has 0 bridgehead atoms. The van der Waals surface area contributed by atoms with E-state index >= 15 is 0 Å². The predicted octanol–water partition coefficient (Wildman–Crippen LogP) is -0.209. The van der Waals surface area contributed by atoms with E-state index in [0.717, 1.165) is 5.56 Å². The van der Waals surface area contributed by atoms with E-state index in [1.807, 2.05) is 24.1 Å². The van der Waals surface area contributed by atoms with Gasteiger partial charge in [0.25, 0.3) is 0 Å². The van der Waals surface area contributed by atoms with Gasteiger partial charge in [-0.15, -0.1) is 0 Å². The third kappa shape index (κ3) is 2.95. The van der Waals surface area contributed by atoms with Crippen molar-refractivity contribution in [3.63, 3.8) is 0 Å². The lowest BCUT2D eigenvalue weighted by Gasteiger charge is -2.16. The van der Waals surface area contributed by atoms with Crippen LogP contribution in [0.15, 0.2) is 18.3 Å². The number of aromatic nitrogens is 1. The minimum atomic E-state index is 0.155. The summed E-state index contributed by atoms with van der Waals surface area (Å²) in [5.41, 5.74) is 3.56. The molecule has 1 aromatic heterocycles. The first-order chi connectivity index (χ1) is 6.77. The number of nitrogens with zero attached hydrogens (tertiary/aromatic N) is 2. The lowest BCUT2D eigenvalue weighted by molar-refractivity contribution is 0.217. The number of nitrogen functional groups attached to an aromatic ring is 1. The van der Waals surface area contributed by atoms with Crippen LogP contribution in [0.1, 0.15) is 5.56 Å². The van der Waals surface area contributed by atoms with Crippen LogP contribution in [0.5, 0.6) is 0 Å². The molecule has 0 saturated heterocycles. The van der Waals surface area contributed by atoms with Crippen molar-refractivity contribution >= 4 is 5.82 Å². The predicted molar refractivity (Wildman–Crippen MR) is 55.5 cm³/mol. The molecule has 0 amide bonds. The highest BCUT2D eigenvalue weighted by molar-refractivity contribution is 5.42. The number of anilines is 1. The van der Waals surface area contributed by atoms with E-state index < -0.39 is 0 Å². The van der Waals surface area contributed by atoms with Gasteiger partial charge in [0, 0.05) is 24.8 Å². The SMILES string of the molecule is CN(CCO)Cc1cccnc1NN. The molecular formula is C9H16N4O. The third-order valence-electron chi connectivity index (χ3n) is 1.95. The topological polar surface area (TPSA) is 74.4 Å². The standard InChI is InChI=1S/C9H16N4O/c1-13(5-6-14)7-8-3-2-4-11-9(8)12-10/h2-4,14H,5-7,10H2,1H3,(H,11,12). The maximum atomic E-state index is 8.74. The van der Waals surface area contributed by atoms with Crippen molar-refractivity contribution in [3.05, 3.63) is 23.9 Å². The molecule has 0 aliphatic heterocycles. The number of hydrogen-bond acceptors (Lipinski definition) is 5. The van der Waals surface area contributed by atoms with E-state index in [1.165, 1.54) is 0 Å². The molecule has 0 unspecified atom stereocenters. The van der Waals surface area contributed by atoms with E-state index in [-0.39, 0.29) is 6.61 Å². The fourth-order valence-electron chi connectivity index (χ4n) is 1.24. The van der Waals surface area contributed by atoms with Gasteiger partial charge in [-0.3, -0.25) is 4.90 Å². The van der Waals surface area contributed by atoms with Crippen molar-refractivity contribution in [2.45, 2.75) is 6.54 Å². The smallest absolute Gasteiger partial charge is 0.144 e. The highest BCUT2D eigenvalue weighted by Gasteiger charge is 2.04. The summed E-state index contributed by atoms with van der Waals surface area (Å²) < 4.78 is 0. The van der Waals surface area contributed by atoms with Crippen LogP contribution in [0.3, 0.4) is 0 Å². The number of likely N-dealkylation sites (N-methyl/N-ethyl adjacent to an activating group) is 1. The Labute approximate surface area is 83.5 Å². The first-order valence-corrected chi connectivity index (χ1v) is 4.48. The zero-order valence-electron chi connectivity index (χ0n) is 8.27. The average Bonchev–Trinajstić information content (AvgIpc) is 2.19. The summed E-state index contributed by atoms with van der Waals surface area (Å²) in [5, 5.41) is 8.74. The van der Waals surface area contributed by atoms with E-state index in [2.05, 4.69) is 10.4 Å². The van der Waals surface area contributed by atoms with Crippen molar-refractivity contribution < 1.29 is 5.11 Å². The van der Waals surface area contributed by atoms with Gasteiger partial charge in [0.15, 0.2) is 0 Å². The van der Waals surface area contributed by atoms with Crippen LogP contribution in [0, 0.1) is 0 Å². The molecule has 78 valence electrons. The molecule has 0 radical (unpaired) electrons. The summed E-state index contributed by atoms with van der Waals surface area (Å²) in [5.74, 6) is 6.00. The Morgan fingerprint density at radius 1 is 1.64 bits per heavy atom. The van der Waals surface area contributed by atoms with Crippen LogP contribution in [0.2, 0.25) is 0 Å². The summed E-state index contributed by atoms with van der Waals surface area (Å²) in [7, 11) is 1.93. The molecule has 4 N–H and O–H groups in total. The zero-order valence-corrected chi connectivity index (χ0v) is 8.27. The number of aliphatic hydroxyl groups is 1. The number of hydrazine groups is 1. The van der Waals surface area contributed by atoms with Gasteiger partial charge in [-0.05, 0) is 13.1 Å². The molecule has 0 spiro atoms. The number of nitrogens with two attached hydrogens (primary N) is 1. The Balaban J connectivity index is 2.65. The molecule has 0 atom stereocenters. The van der Waals surface area contributed by atoms with Gasteiger partial charge in [0.05, 0.1) is 6.61 Å². The number of hydrogen-bond donors (Lipinski definition) is 3. The Bertz CT molecular complexity index is 279. The molecule has 0 fully saturated rings. The number of rotatable bonds is 5. The van der Waals surface area contributed by atoms with Crippen molar-refractivity contribution in [2.75, 3.05) is 25.6 Å². The van der Waals surface area contributed by atoms with Crippen molar-refractivity contribution in [1.29, 1.82) is 0 Å². The molecule has 1 rings (SSSR count). The fraction of sp³-hybridized carbons (Fsp3) is 0.444. The van der Waals surface area contributed by atoms with E-state index in [9.17, 15) is 0 Å². The minimum Gasteiger partial charge on any atom is -0.395 e. The lowest BCUT2D eigenvalue weighted by atomic mass is 10.2. The summed E-state index contributed by atoms with van der Waals surface area (Å²) in [6.45, 7) is 1.51. The fourth-order valence-corrected chi connectivity index (χ4v) is 1.24. The van der Waals surface area contributed by atoms with Crippen LogP contribution < -0.4 is 11.3 Å². The van der Waals surface area contributed by atoms with Crippen molar-refractivity contribution in [2.24, 2.45) is 5.84 Å². The highest BCUT2D eigenvalue weighted by Crippen LogP contribution is 2.11. The summed E-state index contributed by atoms with van der Waals surface area (Å²) in [6.07, 6.45) is 1.69. The van der Waals surface area contributed by atoms with Crippen molar-refractivity contribution in [1.82, 2.24) is 9.88 Å². The van der Waals surface area contributed by atoms with Crippen LogP contribution >= 0.6 is 0 Å². The Morgan fingerprint density at radius 3 is 3.07 bits per heavy atom. The van der Waals surface area contributed by atoms with Crippen LogP contribution in [0.25, 0.3) is 0 Å². The molecule has 0 aromatic carbocycles. The summed E-state index contributed by atoms with van der Waals surface area (Å²) in [4.78, 5) is 6.08. The molecule has 14 heavy (non-hydrogen) atoms. The second-order valence-electron chi connectivity index (χ2n) is 3.12. The Hall–Kier alpha value is -1.17. The van der Waals surface area contributed by atoms with E-state index in [4.69, 9.17) is 10.9 Å². The molecule has 5 heteroatoms. The number of aliphatic hydroxyl groups excluding tert-OH is 1. The zero-order chi connectivity index (χ0) is 10.4. The number of pyridine rings is 1. The van der Waals surface area contributed by atoms with E-state index in [0.29, 0.717) is 18.9 Å². The van der Waals surface area contributed by atoms with Gasteiger partial charge < -0.3 is 10.5 Å². The van der Waals surface area contributed by atoms with Crippen LogP contribution in [0.4, 0.5) is 5.82 Å².